The van der Waals surface area contributed by atoms with Crippen LogP contribution in [0.15, 0.2) is 48.5 Å². The molecule has 1 fully saturated rings. The third-order valence-electron chi connectivity index (χ3n) is 4.54. The molecule has 0 aromatic heterocycles. The second kappa shape index (κ2) is 7.96. The molecule has 0 bridgehead atoms. The lowest BCUT2D eigenvalue weighted by Gasteiger charge is -2.28. The largest absolute Gasteiger partial charge is 0.497 e. The van der Waals surface area contributed by atoms with Crippen molar-refractivity contribution in [3.63, 3.8) is 0 Å². The smallest absolute Gasteiger partial charge is 0.322 e. The molecule has 144 valence electrons. The van der Waals surface area contributed by atoms with Crippen molar-refractivity contribution in [2.45, 2.75) is 19.0 Å². The molecular formula is C19H21FN2O4S. The van der Waals surface area contributed by atoms with Gasteiger partial charge in [0, 0.05) is 12.6 Å². The number of carbonyl (C=O) groups excluding carboxylic acids is 1. The Labute approximate surface area is 157 Å². The molecular weight excluding hydrogens is 371 g/mol. The molecule has 1 atom stereocenters. The first-order chi connectivity index (χ1) is 12.9. The summed E-state index contributed by atoms with van der Waals surface area (Å²) in [6.45, 7) is 0.213. The second-order valence-corrected chi connectivity index (χ2v) is 8.67. The highest BCUT2D eigenvalue weighted by Crippen LogP contribution is 2.23. The van der Waals surface area contributed by atoms with Gasteiger partial charge in [0.1, 0.15) is 11.6 Å². The first-order valence-electron chi connectivity index (χ1n) is 8.53. The van der Waals surface area contributed by atoms with E-state index in [0.29, 0.717) is 12.2 Å². The number of nitrogens with zero attached hydrogens (tertiary/aromatic N) is 1. The maximum absolute atomic E-state index is 13.9. The summed E-state index contributed by atoms with van der Waals surface area (Å²) in [7, 11) is -1.61. The van der Waals surface area contributed by atoms with Crippen LogP contribution in [0.3, 0.4) is 0 Å². The van der Waals surface area contributed by atoms with Crippen molar-refractivity contribution >= 4 is 21.6 Å². The number of nitrogens with one attached hydrogen (secondary N) is 1. The Bertz CT molecular complexity index is 916. The summed E-state index contributed by atoms with van der Waals surface area (Å²) in [4.78, 5) is 14.3. The third-order valence-corrected chi connectivity index (χ3v) is 6.29. The van der Waals surface area contributed by atoms with Crippen LogP contribution in [-0.4, -0.2) is 44.0 Å². The summed E-state index contributed by atoms with van der Waals surface area (Å²) in [5.41, 5.74) is 0.881. The number of hydrogen-bond acceptors (Lipinski definition) is 4. The van der Waals surface area contributed by atoms with Crippen LogP contribution < -0.4 is 10.1 Å². The van der Waals surface area contributed by atoms with E-state index in [2.05, 4.69) is 5.32 Å². The van der Waals surface area contributed by atoms with Gasteiger partial charge in [-0.2, -0.15) is 0 Å². The van der Waals surface area contributed by atoms with Gasteiger partial charge >= 0.3 is 6.03 Å². The van der Waals surface area contributed by atoms with Crippen LogP contribution in [-0.2, 0) is 16.4 Å². The minimum absolute atomic E-state index is 0.0454. The fourth-order valence-electron chi connectivity index (χ4n) is 3.07. The first kappa shape index (κ1) is 19.2. The highest BCUT2D eigenvalue weighted by molar-refractivity contribution is 7.91. The van der Waals surface area contributed by atoms with E-state index in [1.54, 1.807) is 25.3 Å². The number of rotatable bonds is 5. The van der Waals surface area contributed by atoms with Crippen LogP contribution in [0.25, 0.3) is 0 Å². The number of urea groups is 1. The lowest BCUT2D eigenvalue weighted by molar-refractivity contribution is 0.190. The van der Waals surface area contributed by atoms with E-state index in [1.807, 2.05) is 12.1 Å². The van der Waals surface area contributed by atoms with Crippen molar-refractivity contribution in [2.75, 3.05) is 23.9 Å². The second-order valence-electron chi connectivity index (χ2n) is 6.44. The molecule has 0 aliphatic carbocycles. The van der Waals surface area contributed by atoms with E-state index in [-0.39, 0.29) is 23.7 Å². The van der Waals surface area contributed by atoms with Crippen molar-refractivity contribution in [1.82, 2.24) is 4.90 Å². The fourth-order valence-corrected chi connectivity index (χ4v) is 4.80. The Kier molecular flexibility index (Phi) is 5.65. The van der Waals surface area contributed by atoms with E-state index in [1.165, 1.54) is 23.1 Å². The molecule has 0 saturated carbocycles. The Morgan fingerprint density at radius 2 is 1.93 bits per heavy atom. The van der Waals surface area contributed by atoms with E-state index >= 15 is 0 Å². The topological polar surface area (TPSA) is 75.7 Å². The fraction of sp³-hybridized carbons (Fsp3) is 0.316. The molecule has 27 heavy (non-hydrogen) atoms. The molecule has 0 spiro atoms. The standard InChI is InChI=1S/C19H21FN2O4S/c1-26-16-8-6-14(7-9-16)12-22(15-10-11-27(24,25)13-15)19(23)21-18-5-3-2-4-17(18)20/h2-9,15H,10-13H2,1H3,(H,21,23). The summed E-state index contributed by atoms with van der Waals surface area (Å²) in [5, 5.41) is 2.55. The number of benzene rings is 2. The highest BCUT2D eigenvalue weighted by atomic mass is 32.2. The minimum Gasteiger partial charge on any atom is -0.497 e. The van der Waals surface area contributed by atoms with Crippen LogP contribution in [0.5, 0.6) is 5.75 Å². The summed E-state index contributed by atoms with van der Waals surface area (Å²) in [5.74, 6) is 0.0938. The summed E-state index contributed by atoms with van der Waals surface area (Å²) in [6.07, 6.45) is 0.364. The number of sulfone groups is 1. The zero-order chi connectivity index (χ0) is 19.4. The molecule has 2 aromatic carbocycles. The molecule has 1 aliphatic heterocycles. The number of amides is 2. The number of para-hydroxylation sites is 1. The first-order valence-corrected chi connectivity index (χ1v) is 10.4. The Hall–Kier alpha value is -2.61. The molecule has 1 N–H and O–H groups in total. The average Bonchev–Trinajstić information content (AvgIpc) is 3.01. The van der Waals surface area contributed by atoms with Gasteiger partial charge in [0.05, 0.1) is 24.3 Å². The van der Waals surface area contributed by atoms with Gasteiger partial charge in [-0.05, 0) is 36.2 Å². The maximum Gasteiger partial charge on any atom is 0.322 e. The van der Waals surface area contributed by atoms with Crippen LogP contribution in [0, 0.1) is 5.82 Å². The van der Waals surface area contributed by atoms with E-state index in [0.717, 1.165) is 5.56 Å². The van der Waals surface area contributed by atoms with E-state index in [4.69, 9.17) is 4.74 Å². The van der Waals surface area contributed by atoms with Crippen LogP contribution in [0.1, 0.15) is 12.0 Å². The van der Waals surface area contributed by atoms with Crippen molar-refractivity contribution in [3.05, 3.63) is 59.9 Å². The van der Waals surface area contributed by atoms with Crippen LogP contribution in [0.2, 0.25) is 0 Å². The number of anilines is 1. The summed E-state index contributed by atoms with van der Waals surface area (Å²) in [6, 6.07) is 12.0. The predicted molar refractivity (Wildman–Crippen MR) is 101 cm³/mol. The highest BCUT2D eigenvalue weighted by Gasteiger charge is 2.35. The SMILES string of the molecule is COc1ccc(CN(C(=O)Nc2ccccc2F)C2CCS(=O)(=O)C2)cc1. The van der Waals surface area contributed by atoms with Gasteiger partial charge in [-0.15, -0.1) is 0 Å². The lowest BCUT2D eigenvalue weighted by Crippen LogP contribution is -2.43. The van der Waals surface area contributed by atoms with Gasteiger partial charge in [-0.3, -0.25) is 0 Å². The molecule has 1 aliphatic rings. The molecule has 1 unspecified atom stereocenters. The molecule has 2 amide bonds. The van der Waals surface area contributed by atoms with Gasteiger partial charge in [0.2, 0.25) is 0 Å². The van der Waals surface area contributed by atoms with Gasteiger partial charge in [0.15, 0.2) is 9.84 Å². The van der Waals surface area contributed by atoms with Gasteiger partial charge in [0.25, 0.3) is 0 Å². The quantitative estimate of drug-likeness (QED) is 0.849. The molecule has 3 rings (SSSR count). The van der Waals surface area contributed by atoms with Crippen LogP contribution >= 0.6 is 0 Å². The van der Waals surface area contributed by atoms with Gasteiger partial charge < -0.3 is 15.0 Å². The van der Waals surface area contributed by atoms with Crippen molar-refractivity contribution < 1.29 is 22.3 Å². The lowest BCUT2D eigenvalue weighted by atomic mass is 10.1. The monoisotopic (exact) mass is 392 g/mol. The van der Waals surface area contributed by atoms with Crippen LogP contribution in [0.4, 0.5) is 14.9 Å². The third kappa shape index (κ3) is 4.77. The summed E-state index contributed by atoms with van der Waals surface area (Å²) >= 11 is 0. The molecule has 6 nitrogen and oxygen atoms in total. The number of ether oxygens (including phenoxy) is 1. The zero-order valence-corrected chi connectivity index (χ0v) is 15.7. The molecule has 1 heterocycles. The zero-order valence-electron chi connectivity index (χ0n) is 14.9. The molecule has 2 aromatic rings. The predicted octanol–water partition coefficient (Wildman–Crippen LogP) is 3.06. The Morgan fingerprint density at radius 1 is 1.22 bits per heavy atom. The molecule has 0 radical (unpaired) electrons. The Morgan fingerprint density at radius 3 is 2.52 bits per heavy atom. The average molecular weight is 392 g/mol. The minimum atomic E-state index is -3.17. The molecule has 1 saturated heterocycles. The number of hydrogen-bond donors (Lipinski definition) is 1. The van der Waals surface area contributed by atoms with Crippen molar-refractivity contribution in [3.8, 4) is 5.75 Å². The number of halogens is 1. The number of carbonyl (C=O) groups is 1. The van der Waals surface area contributed by atoms with Gasteiger partial charge in [-0.1, -0.05) is 24.3 Å². The Balaban J connectivity index is 1.82. The van der Waals surface area contributed by atoms with Crippen molar-refractivity contribution in [2.24, 2.45) is 0 Å². The van der Waals surface area contributed by atoms with E-state index < -0.39 is 27.7 Å². The van der Waals surface area contributed by atoms with Crippen molar-refractivity contribution in [1.29, 1.82) is 0 Å². The normalized spacial score (nSPS) is 18.1. The maximum atomic E-state index is 13.9. The number of methoxy groups -OCH3 is 1. The molecule has 8 heteroatoms. The van der Waals surface area contributed by atoms with E-state index in [9.17, 15) is 17.6 Å². The van der Waals surface area contributed by atoms with Gasteiger partial charge in [-0.25, -0.2) is 17.6 Å². The summed E-state index contributed by atoms with van der Waals surface area (Å²) < 4.78 is 42.8.